The summed E-state index contributed by atoms with van der Waals surface area (Å²) in [5.41, 5.74) is 0.722. The molecule has 3 rings (SSSR count). The van der Waals surface area contributed by atoms with Crippen LogP contribution in [0, 0.1) is 3.57 Å². The fourth-order valence-electron chi connectivity index (χ4n) is 2.53. The molecule has 0 radical (unpaired) electrons. The lowest BCUT2D eigenvalue weighted by Crippen LogP contribution is -2.38. The summed E-state index contributed by atoms with van der Waals surface area (Å²) in [5.74, 6) is -0.685. The Kier molecular flexibility index (Phi) is 2.32. The topological polar surface area (TPSA) is 46.6 Å². The fourth-order valence-corrected chi connectivity index (χ4v) is 3.02. The normalized spacial score (nSPS) is 25.9. The van der Waals surface area contributed by atoms with Crippen molar-refractivity contribution < 1.29 is 14.3 Å². The minimum Gasteiger partial charge on any atom is -0.440 e. The van der Waals surface area contributed by atoms with Gasteiger partial charge in [0.25, 0.3) is 5.91 Å². The van der Waals surface area contributed by atoms with Crippen LogP contribution in [-0.4, -0.2) is 18.9 Å². The maximum absolute atomic E-state index is 12.4. The van der Waals surface area contributed by atoms with Crippen molar-refractivity contribution in [3.63, 3.8) is 0 Å². The molecule has 0 saturated carbocycles. The predicted molar refractivity (Wildman–Crippen MR) is 74.1 cm³/mol. The molecule has 1 spiro atoms. The summed E-state index contributed by atoms with van der Waals surface area (Å²) in [6.45, 7) is 3.66. The van der Waals surface area contributed by atoms with Crippen LogP contribution >= 0.6 is 22.6 Å². The first-order valence-electron chi connectivity index (χ1n) is 5.45. The van der Waals surface area contributed by atoms with E-state index in [0.29, 0.717) is 5.57 Å². The Morgan fingerprint density at radius 3 is 2.78 bits per heavy atom. The molecule has 0 aromatic heterocycles. The van der Waals surface area contributed by atoms with E-state index in [0.717, 1.165) is 14.8 Å². The molecular weight excluding hydrogens is 345 g/mol. The summed E-state index contributed by atoms with van der Waals surface area (Å²) in [4.78, 5) is 25.5. The van der Waals surface area contributed by atoms with E-state index in [1.165, 1.54) is 4.90 Å². The van der Waals surface area contributed by atoms with E-state index in [1.54, 1.807) is 7.05 Å². The molecule has 5 heteroatoms. The van der Waals surface area contributed by atoms with Gasteiger partial charge in [0.1, 0.15) is 0 Å². The zero-order valence-electron chi connectivity index (χ0n) is 9.70. The molecule has 2 aliphatic heterocycles. The van der Waals surface area contributed by atoms with Crippen LogP contribution in [0.5, 0.6) is 0 Å². The highest BCUT2D eigenvalue weighted by Gasteiger charge is 2.57. The van der Waals surface area contributed by atoms with E-state index in [2.05, 4.69) is 29.2 Å². The molecule has 2 aliphatic rings. The van der Waals surface area contributed by atoms with Crippen LogP contribution in [0.4, 0.5) is 5.69 Å². The van der Waals surface area contributed by atoms with Gasteiger partial charge in [0.2, 0.25) is 5.60 Å². The molecule has 4 nitrogen and oxygen atoms in total. The van der Waals surface area contributed by atoms with Gasteiger partial charge in [0.05, 0.1) is 5.69 Å². The van der Waals surface area contributed by atoms with Crippen LogP contribution in [0.3, 0.4) is 0 Å². The summed E-state index contributed by atoms with van der Waals surface area (Å²) in [6, 6.07) is 5.69. The van der Waals surface area contributed by atoms with Crippen LogP contribution in [0.2, 0.25) is 0 Å². The summed E-state index contributed by atoms with van der Waals surface area (Å²) < 4.78 is 6.36. The van der Waals surface area contributed by atoms with Crippen molar-refractivity contribution in [2.45, 2.75) is 12.0 Å². The molecule has 1 saturated heterocycles. The van der Waals surface area contributed by atoms with Crippen molar-refractivity contribution in [3.05, 3.63) is 39.5 Å². The first-order chi connectivity index (χ1) is 8.45. The van der Waals surface area contributed by atoms with Gasteiger partial charge < -0.3 is 9.64 Å². The first-order valence-corrected chi connectivity index (χ1v) is 6.53. The number of nitrogens with zero attached hydrogens (tertiary/aromatic N) is 1. The Morgan fingerprint density at radius 1 is 1.44 bits per heavy atom. The molecule has 1 aromatic rings. The maximum Gasteiger partial charge on any atom is 0.335 e. The number of fused-ring (bicyclic) bond motifs is 2. The van der Waals surface area contributed by atoms with Crippen LogP contribution in [0.25, 0.3) is 0 Å². The second-order valence-corrected chi connectivity index (χ2v) is 5.77. The van der Waals surface area contributed by atoms with Gasteiger partial charge in [-0.15, -0.1) is 0 Å². The van der Waals surface area contributed by atoms with Gasteiger partial charge in [0.15, 0.2) is 0 Å². The Labute approximate surface area is 118 Å². The third-order valence-corrected chi connectivity index (χ3v) is 4.09. The second-order valence-electron chi connectivity index (χ2n) is 4.52. The lowest BCUT2D eigenvalue weighted by Gasteiger charge is -2.20. The Morgan fingerprint density at radius 2 is 2.17 bits per heavy atom. The number of hydrogen-bond acceptors (Lipinski definition) is 3. The number of carbonyl (C=O) groups is 2. The smallest absolute Gasteiger partial charge is 0.335 e. The van der Waals surface area contributed by atoms with Crippen molar-refractivity contribution in [2.24, 2.45) is 0 Å². The van der Waals surface area contributed by atoms with E-state index < -0.39 is 11.6 Å². The number of anilines is 1. The van der Waals surface area contributed by atoms with E-state index in [9.17, 15) is 9.59 Å². The van der Waals surface area contributed by atoms with Crippen molar-refractivity contribution in [1.29, 1.82) is 0 Å². The Bertz CT molecular complexity index is 592. The van der Waals surface area contributed by atoms with E-state index in [-0.39, 0.29) is 12.3 Å². The Balaban J connectivity index is 2.24. The number of carbonyl (C=O) groups excluding carboxylic acids is 2. The third-order valence-electron chi connectivity index (χ3n) is 3.42. The largest absolute Gasteiger partial charge is 0.440 e. The average Bonchev–Trinajstić information content (AvgIpc) is 2.73. The van der Waals surface area contributed by atoms with Crippen molar-refractivity contribution >= 4 is 40.2 Å². The van der Waals surface area contributed by atoms with Gasteiger partial charge in [-0.1, -0.05) is 6.58 Å². The van der Waals surface area contributed by atoms with Crippen molar-refractivity contribution in [2.75, 3.05) is 11.9 Å². The average molecular weight is 355 g/mol. The monoisotopic (exact) mass is 355 g/mol. The molecule has 1 aromatic carbocycles. The lowest BCUT2D eigenvalue weighted by atomic mass is 9.91. The molecule has 0 N–H and O–H groups in total. The van der Waals surface area contributed by atoms with Crippen molar-refractivity contribution in [3.8, 4) is 0 Å². The van der Waals surface area contributed by atoms with Crippen LogP contribution in [0.15, 0.2) is 30.4 Å². The third kappa shape index (κ3) is 1.31. The second kappa shape index (κ2) is 3.57. The van der Waals surface area contributed by atoms with Crippen LogP contribution in [-0.2, 0) is 19.9 Å². The summed E-state index contributed by atoms with van der Waals surface area (Å²) >= 11 is 2.17. The molecular formula is C13H10INO3. The molecule has 1 fully saturated rings. The highest BCUT2D eigenvalue weighted by Crippen LogP contribution is 2.49. The first kappa shape index (κ1) is 11.7. The molecule has 92 valence electrons. The summed E-state index contributed by atoms with van der Waals surface area (Å²) in [5, 5.41) is 0. The number of likely N-dealkylation sites (N-methyl/N-ethyl adjacent to an activating group) is 1. The SMILES string of the molecule is C=C1C[C@]2(OC1=O)C(=O)N(C)c1ccc(I)cc12. The number of benzene rings is 1. The number of hydrogen-bond donors (Lipinski definition) is 0. The quantitative estimate of drug-likeness (QED) is 0.406. The van der Waals surface area contributed by atoms with Gasteiger partial charge in [-0.2, -0.15) is 0 Å². The van der Waals surface area contributed by atoms with Crippen LogP contribution in [0.1, 0.15) is 12.0 Å². The number of halogens is 1. The number of ether oxygens (including phenoxy) is 1. The number of amides is 1. The van der Waals surface area contributed by atoms with Gasteiger partial charge >= 0.3 is 5.97 Å². The highest BCUT2D eigenvalue weighted by atomic mass is 127. The lowest BCUT2D eigenvalue weighted by molar-refractivity contribution is -0.156. The number of esters is 1. The van der Waals surface area contributed by atoms with Gasteiger partial charge in [-0.3, -0.25) is 4.79 Å². The van der Waals surface area contributed by atoms with Gasteiger partial charge in [0, 0.05) is 28.2 Å². The van der Waals surface area contributed by atoms with Crippen LogP contribution < -0.4 is 4.90 Å². The van der Waals surface area contributed by atoms with Gasteiger partial charge in [-0.05, 0) is 40.8 Å². The minimum atomic E-state index is -1.18. The van der Waals surface area contributed by atoms with E-state index in [4.69, 9.17) is 4.74 Å². The predicted octanol–water partition coefficient (Wildman–Crippen LogP) is 1.97. The molecule has 18 heavy (non-hydrogen) atoms. The zero-order chi connectivity index (χ0) is 13.1. The van der Waals surface area contributed by atoms with Crippen molar-refractivity contribution in [1.82, 2.24) is 0 Å². The maximum atomic E-state index is 12.4. The summed E-state index contributed by atoms with van der Waals surface area (Å²) in [6.07, 6.45) is 0.238. The van der Waals surface area contributed by atoms with Gasteiger partial charge in [-0.25, -0.2) is 4.79 Å². The molecule has 1 amide bonds. The number of rotatable bonds is 0. The Hall–Kier alpha value is -1.37. The standard InChI is InChI=1S/C13H10INO3/c1-7-6-13(18-11(7)16)9-5-8(14)3-4-10(9)15(2)12(13)17/h3-5H,1,6H2,2H3/t13-/m1/s1. The highest BCUT2D eigenvalue weighted by molar-refractivity contribution is 14.1. The minimum absolute atomic E-state index is 0.202. The molecule has 0 bridgehead atoms. The molecule has 1 atom stereocenters. The van der Waals surface area contributed by atoms with E-state index in [1.807, 2.05) is 18.2 Å². The zero-order valence-corrected chi connectivity index (χ0v) is 11.9. The summed E-state index contributed by atoms with van der Waals surface area (Å²) in [7, 11) is 1.69. The molecule has 0 aliphatic carbocycles. The fraction of sp³-hybridized carbons (Fsp3) is 0.231. The molecule has 0 unspecified atom stereocenters. The van der Waals surface area contributed by atoms with E-state index >= 15 is 0 Å². The molecule has 2 heterocycles.